The first-order valence-corrected chi connectivity index (χ1v) is 5.54. The third-order valence-corrected chi connectivity index (χ3v) is 3.10. The van der Waals surface area contributed by atoms with Crippen LogP contribution >= 0.6 is 11.6 Å². The Labute approximate surface area is 94.7 Å². The highest BCUT2D eigenvalue weighted by molar-refractivity contribution is 6.32. The number of hydrogen-bond acceptors (Lipinski definition) is 3. The van der Waals surface area contributed by atoms with Crippen LogP contribution in [0.25, 0.3) is 0 Å². The molecule has 0 aromatic heterocycles. The standard InChI is InChI=1S/C11H15ClN2O/c12-11-9(2-1-3-10(11)15)8-14-6-4-13-5-7-14/h1-3,13,15H,4-8H2. The summed E-state index contributed by atoms with van der Waals surface area (Å²) in [6.45, 7) is 4.93. The van der Waals surface area contributed by atoms with Crippen molar-refractivity contribution in [1.82, 2.24) is 10.2 Å². The molecule has 4 heteroatoms. The fourth-order valence-corrected chi connectivity index (χ4v) is 1.98. The number of aromatic hydroxyl groups is 1. The molecule has 1 fully saturated rings. The van der Waals surface area contributed by atoms with Crippen LogP contribution in [0.1, 0.15) is 5.56 Å². The van der Waals surface area contributed by atoms with Crippen molar-refractivity contribution in [2.24, 2.45) is 0 Å². The second-order valence-corrected chi connectivity index (χ2v) is 4.15. The summed E-state index contributed by atoms with van der Waals surface area (Å²) >= 11 is 6.02. The maximum atomic E-state index is 9.47. The zero-order valence-electron chi connectivity index (χ0n) is 8.54. The van der Waals surface area contributed by atoms with E-state index >= 15 is 0 Å². The zero-order valence-corrected chi connectivity index (χ0v) is 9.30. The zero-order chi connectivity index (χ0) is 10.7. The Balaban J connectivity index is 2.06. The van der Waals surface area contributed by atoms with E-state index in [1.54, 1.807) is 6.07 Å². The van der Waals surface area contributed by atoms with Crippen molar-refractivity contribution in [2.75, 3.05) is 26.2 Å². The molecule has 0 aliphatic carbocycles. The van der Waals surface area contributed by atoms with Crippen LogP contribution in [0.15, 0.2) is 18.2 Å². The van der Waals surface area contributed by atoms with Crippen molar-refractivity contribution in [3.63, 3.8) is 0 Å². The molecule has 0 bridgehead atoms. The van der Waals surface area contributed by atoms with Gasteiger partial charge in [0.15, 0.2) is 0 Å². The van der Waals surface area contributed by atoms with Gasteiger partial charge in [-0.05, 0) is 11.6 Å². The maximum absolute atomic E-state index is 9.47. The lowest BCUT2D eigenvalue weighted by Crippen LogP contribution is -2.42. The predicted octanol–water partition coefficient (Wildman–Crippen LogP) is 1.45. The van der Waals surface area contributed by atoms with Crippen LogP contribution < -0.4 is 5.32 Å². The first-order valence-electron chi connectivity index (χ1n) is 5.17. The molecule has 0 atom stereocenters. The van der Waals surface area contributed by atoms with E-state index in [1.165, 1.54) is 0 Å². The molecule has 1 aromatic rings. The quantitative estimate of drug-likeness (QED) is 0.802. The summed E-state index contributed by atoms with van der Waals surface area (Å²) in [5.41, 5.74) is 0.999. The van der Waals surface area contributed by atoms with E-state index in [0.717, 1.165) is 38.3 Å². The lowest BCUT2D eigenvalue weighted by Gasteiger charge is -2.27. The number of nitrogens with one attached hydrogen (secondary N) is 1. The SMILES string of the molecule is Oc1cccc(CN2CCNCC2)c1Cl. The number of phenolic OH excluding ortho intramolecular Hbond substituents is 1. The largest absolute Gasteiger partial charge is 0.506 e. The maximum Gasteiger partial charge on any atom is 0.134 e. The number of rotatable bonds is 2. The van der Waals surface area contributed by atoms with E-state index in [1.807, 2.05) is 12.1 Å². The minimum Gasteiger partial charge on any atom is -0.506 e. The van der Waals surface area contributed by atoms with Crippen LogP contribution in [0.5, 0.6) is 5.75 Å². The van der Waals surface area contributed by atoms with Gasteiger partial charge < -0.3 is 10.4 Å². The molecule has 0 spiro atoms. The summed E-state index contributed by atoms with van der Waals surface area (Å²) in [5, 5.41) is 13.3. The minimum absolute atomic E-state index is 0.171. The fourth-order valence-electron chi connectivity index (χ4n) is 1.80. The minimum atomic E-state index is 0.171. The van der Waals surface area contributed by atoms with E-state index in [-0.39, 0.29) is 5.75 Å². The van der Waals surface area contributed by atoms with Gasteiger partial charge in [-0.1, -0.05) is 23.7 Å². The third-order valence-electron chi connectivity index (χ3n) is 2.66. The number of benzene rings is 1. The van der Waals surface area contributed by atoms with E-state index in [4.69, 9.17) is 11.6 Å². The number of nitrogens with zero attached hydrogens (tertiary/aromatic N) is 1. The highest BCUT2D eigenvalue weighted by atomic mass is 35.5. The normalized spacial score (nSPS) is 17.9. The van der Waals surface area contributed by atoms with Gasteiger partial charge in [-0.15, -0.1) is 0 Å². The second kappa shape index (κ2) is 4.84. The molecule has 1 aromatic carbocycles. The van der Waals surface area contributed by atoms with Crippen LogP contribution in [0.2, 0.25) is 5.02 Å². The molecule has 3 nitrogen and oxygen atoms in total. The van der Waals surface area contributed by atoms with Crippen molar-refractivity contribution < 1.29 is 5.11 Å². The number of hydrogen-bond donors (Lipinski definition) is 2. The molecule has 82 valence electrons. The van der Waals surface area contributed by atoms with Crippen LogP contribution in [0, 0.1) is 0 Å². The molecule has 1 heterocycles. The average molecular weight is 227 g/mol. The first kappa shape index (κ1) is 10.7. The number of halogens is 1. The Morgan fingerprint density at radius 1 is 1.33 bits per heavy atom. The smallest absolute Gasteiger partial charge is 0.134 e. The van der Waals surface area contributed by atoms with Gasteiger partial charge in [0.25, 0.3) is 0 Å². The van der Waals surface area contributed by atoms with Crippen LogP contribution in [0.3, 0.4) is 0 Å². The molecule has 1 aliphatic heterocycles. The van der Waals surface area contributed by atoms with Crippen molar-refractivity contribution in [3.8, 4) is 5.75 Å². The Kier molecular flexibility index (Phi) is 3.46. The fraction of sp³-hybridized carbons (Fsp3) is 0.455. The van der Waals surface area contributed by atoms with Gasteiger partial charge in [0, 0.05) is 32.7 Å². The van der Waals surface area contributed by atoms with Crippen LogP contribution in [0.4, 0.5) is 0 Å². The van der Waals surface area contributed by atoms with Gasteiger partial charge in [0.2, 0.25) is 0 Å². The first-order chi connectivity index (χ1) is 7.27. The molecule has 1 aliphatic rings. The Hall–Kier alpha value is -0.770. The molecule has 0 radical (unpaired) electrons. The Bertz CT molecular complexity index is 337. The van der Waals surface area contributed by atoms with Crippen LogP contribution in [-0.4, -0.2) is 36.2 Å². The molecule has 0 amide bonds. The van der Waals surface area contributed by atoms with Crippen LogP contribution in [-0.2, 0) is 6.54 Å². The van der Waals surface area contributed by atoms with E-state index < -0.39 is 0 Å². The molecule has 2 N–H and O–H groups in total. The second-order valence-electron chi connectivity index (χ2n) is 3.78. The lowest BCUT2D eigenvalue weighted by atomic mass is 10.2. The Morgan fingerprint density at radius 2 is 2.07 bits per heavy atom. The predicted molar refractivity (Wildman–Crippen MR) is 61.3 cm³/mol. The van der Waals surface area contributed by atoms with Gasteiger partial charge in [-0.25, -0.2) is 0 Å². The van der Waals surface area contributed by atoms with Gasteiger partial charge in [0.1, 0.15) is 5.75 Å². The topological polar surface area (TPSA) is 35.5 Å². The molecular formula is C11H15ClN2O. The van der Waals surface area contributed by atoms with Crippen molar-refractivity contribution >= 4 is 11.6 Å². The van der Waals surface area contributed by atoms with E-state index in [2.05, 4.69) is 10.2 Å². The number of piperazine rings is 1. The molecule has 2 rings (SSSR count). The van der Waals surface area contributed by atoms with Gasteiger partial charge in [-0.2, -0.15) is 0 Å². The summed E-state index contributed by atoms with van der Waals surface area (Å²) in [6.07, 6.45) is 0. The molecule has 15 heavy (non-hydrogen) atoms. The summed E-state index contributed by atoms with van der Waals surface area (Å²) in [7, 11) is 0. The van der Waals surface area contributed by atoms with Gasteiger partial charge in [0.05, 0.1) is 5.02 Å². The van der Waals surface area contributed by atoms with Crippen molar-refractivity contribution in [3.05, 3.63) is 28.8 Å². The van der Waals surface area contributed by atoms with E-state index in [9.17, 15) is 5.11 Å². The van der Waals surface area contributed by atoms with Gasteiger partial charge in [-0.3, -0.25) is 4.90 Å². The van der Waals surface area contributed by atoms with Crippen molar-refractivity contribution in [1.29, 1.82) is 0 Å². The molecule has 0 saturated carbocycles. The summed E-state index contributed by atoms with van der Waals surface area (Å²) in [5.74, 6) is 0.171. The summed E-state index contributed by atoms with van der Waals surface area (Å²) in [6, 6.07) is 5.41. The lowest BCUT2D eigenvalue weighted by molar-refractivity contribution is 0.233. The highest BCUT2D eigenvalue weighted by Crippen LogP contribution is 2.27. The molecule has 0 unspecified atom stereocenters. The van der Waals surface area contributed by atoms with Gasteiger partial charge >= 0.3 is 0 Å². The number of phenols is 1. The monoisotopic (exact) mass is 226 g/mol. The van der Waals surface area contributed by atoms with Crippen molar-refractivity contribution in [2.45, 2.75) is 6.54 Å². The average Bonchev–Trinajstić information content (AvgIpc) is 2.26. The summed E-state index contributed by atoms with van der Waals surface area (Å²) < 4.78 is 0. The molecular weight excluding hydrogens is 212 g/mol. The Morgan fingerprint density at radius 3 is 2.80 bits per heavy atom. The summed E-state index contributed by atoms with van der Waals surface area (Å²) in [4.78, 5) is 2.33. The highest BCUT2D eigenvalue weighted by Gasteiger charge is 2.12. The molecule has 1 saturated heterocycles. The van der Waals surface area contributed by atoms with E-state index in [0.29, 0.717) is 5.02 Å². The third kappa shape index (κ3) is 2.62.